The number of nitrogens with zero attached hydrogens (tertiary/aromatic N) is 2. The quantitative estimate of drug-likeness (QED) is 0.888. The summed E-state index contributed by atoms with van der Waals surface area (Å²) in [5, 5.41) is 0. The van der Waals surface area contributed by atoms with E-state index in [1.165, 1.54) is 4.88 Å². The summed E-state index contributed by atoms with van der Waals surface area (Å²) >= 11 is 7.61. The molecule has 6 heteroatoms. The molecule has 1 saturated heterocycles. The highest BCUT2D eigenvalue weighted by atomic mass is 35.5. The van der Waals surface area contributed by atoms with Crippen molar-refractivity contribution < 1.29 is 4.79 Å². The number of halogens is 1. The molecular weight excluding hydrogens is 342 g/mol. The normalized spacial score (nSPS) is 17.0. The van der Waals surface area contributed by atoms with Gasteiger partial charge in [0, 0.05) is 44.1 Å². The van der Waals surface area contributed by atoms with E-state index in [2.05, 4.69) is 11.0 Å². The molecule has 2 aromatic rings. The van der Waals surface area contributed by atoms with Gasteiger partial charge in [0.1, 0.15) is 0 Å². The third kappa shape index (κ3) is 4.16. The van der Waals surface area contributed by atoms with Crippen LogP contribution in [0.15, 0.2) is 42.5 Å². The molecule has 0 aliphatic carbocycles. The molecule has 3 rings (SSSR count). The fourth-order valence-electron chi connectivity index (χ4n) is 3.07. The van der Waals surface area contributed by atoms with Crippen LogP contribution in [0.3, 0.4) is 0 Å². The van der Waals surface area contributed by atoms with E-state index in [-0.39, 0.29) is 11.8 Å². The van der Waals surface area contributed by atoms with Gasteiger partial charge in [0.2, 0.25) is 5.91 Å². The van der Waals surface area contributed by atoms with E-state index < -0.39 is 0 Å². The zero-order chi connectivity index (χ0) is 16.9. The molecule has 0 radical (unpaired) electrons. The number of thiophene rings is 1. The molecule has 1 unspecified atom stereocenters. The molecule has 1 aromatic heterocycles. The number of carbonyl (C=O) groups is 1. The highest BCUT2D eigenvalue weighted by molar-refractivity contribution is 7.16. The molecule has 0 saturated carbocycles. The Kier molecular flexibility index (Phi) is 5.89. The first-order valence-electron chi connectivity index (χ1n) is 8.17. The first kappa shape index (κ1) is 17.4. The number of nitrogens with two attached hydrogens (primary N) is 1. The Morgan fingerprint density at radius 2 is 1.83 bits per heavy atom. The van der Waals surface area contributed by atoms with Crippen LogP contribution in [-0.4, -0.2) is 48.4 Å². The maximum Gasteiger partial charge on any atom is 0.231 e. The largest absolute Gasteiger partial charge is 0.340 e. The van der Waals surface area contributed by atoms with E-state index in [1.54, 1.807) is 11.3 Å². The summed E-state index contributed by atoms with van der Waals surface area (Å²) in [5.41, 5.74) is 6.88. The van der Waals surface area contributed by atoms with E-state index >= 15 is 0 Å². The number of benzene rings is 1. The first-order valence-corrected chi connectivity index (χ1v) is 9.37. The van der Waals surface area contributed by atoms with Crippen LogP contribution < -0.4 is 5.73 Å². The molecule has 128 valence electrons. The summed E-state index contributed by atoms with van der Waals surface area (Å²) in [4.78, 5) is 18.4. The molecule has 2 N–H and O–H groups in total. The van der Waals surface area contributed by atoms with Crippen molar-refractivity contribution in [2.45, 2.75) is 12.5 Å². The van der Waals surface area contributed by atoms with Gasteiger partial charge >= 0.3 is 0 Å². The van der Waals surface area contributed by atoms with Crippen LogP contribution in [0.2, 0.25) is 4.34 Å². The van der Waals surface area contributed by atoms with E-state index in [0.29, 0.717) is 6.54 Å². The molecule has 0 spiro atoms. The monoisotopic (exact) mass is 363 g/mol. The Hall–Kier alpha value is -1.40. The van der Waals surface area contributed by atoms with Gasteiger partial charge in [0.25, 0.3) is 0 Å². The predicted molar refractivity (Wildman–Crippen MR) is 99.4 cm³/mol. The minimum atomic E-state index is -0.242. The van der Waals surface area contributed by atoms with Crippen molar-refractivity contribution in [3.63, 3.8) is 0 Å². The summed E-state index contributed by atoms with van der Waals surface area (Å²) < 4.78 is 0.826. The molecule has 2 heterocycles. The van der Waals surface area contributed by atoms with Crippen molar-refractivity contribution in [3.05, 3.63) is 57.2 Å². The zero-order valence-corrected chi connectivity index (χ0v) is 15.1. The summed E-state index contributed by atoms with van der Waals surface area (Å²) in [7, 11) is 0. The molecule has 0 bridgehead atoms. The number of hydrogen-bond acceptors (Lipinski definition) is 4. The number of hydrogen-bond donors (Lipinski definition) is 1. The lowest BCUT2D eigenvalue weighted by Crippen LogP contribution is -2.50. The van der Waals surface area contributed by atoms with Gasteiger partial charge in [-0.2, -0.15) is 0 Å². The van der Waals surface area contributed by atoms with Crippen LogP contribution >= 0.6 is 22.9 Å². The Balaban J connectivity index is 1.56. The van der Waals surface area contributed by atoms with E-state index in [9.17, 15) is 4.79 Å². The Morgan fingerprint density at radius 3 is 2.42 bits per heavy atom. The SMILES string of the molecule is NCC(C(=O)N1CCN(Cc2ccc(Cl)s2)CC1)c1ccccc1. The number of rotatable bonds is 5. The van der Waals surface area contributed by atoms with Crippen LogP contribution in [0.1, 0.15) is 16.4 Å². The van der Waals surface area contributed by atoms with Crippen molar-refractivity contribution in [2.24, 2.45) is 5.73 Å². The van der Waals surface area contributed by atoms with Crippen LogP contribution in [0.25, 0.3) is 0 Å². The van der Waals surface area contributed by atoms with Crippen LogP contribution in [-0.2, 0) is 11.3 Å². The molecule has 4 nitrogen and oxygen atoms in total. The van der Waals surface area contributed by atoms with E-state index in [4.69, 9.17) is 17.3 Å². The lowest BCUT2D eigenvalue weighted by molar-refractivity contribution is -0.134. The molecule has 1 aliphatic heterocycles. The first-order chi connectivity index (χ1) is 11.7. The highest BCUT2D eigenvalue weighted by Gasteiger charge is 2.27. The second kappa shape index (κ2) is 8.12. The molecule has 1 aliphatic rings. The molecule has 24 heavy (non-hydrogen) atoms. The lowest BCUT2D eigenvalue weighted by Gasteiger charge is -2.36. The van der Waals surface area contributed by atoms with Gasteiger partial charge < -0.3 is 10.6 Å². The van der Waals surface area contributed by atoms with Gasteiger partial charge in [0.05, 0.1) is 10.3 Å². The average Bonchev–Trinajstić information content (AvgIpc) is 3.02. The van der Waals surface area contributed by atoms with Gasteiger partial charge in [-0.3, -0.25) is 9.69 Å². The van der Waals surface area contributed by atoms with Crippen molar-refractivity contribution in [1.82, 2.24) is 9.80 Å². The third-order valence-corrected chi connectivity index (χ3v) is 5.64. The van der Waals surface area contributed by atoms with Gasteiger partial charge in [0.15, 0.2) is 0 Å². The molecule has 1 aromatic carbocycles. The fraction of sp³-hybridized carbons (Fsp3) is 0.389. The van der Waals surface area contributed by atoms with Crippen molar-refractivity contribution in [1.29, 1.82) is 0 Å². The van der Waals surface area contributed by atoms with E-state index in [1.807, 2.05) is 41.3 Å². The number of piperazine rings is 1. The topological polar surface area (TPSA) is 49.6 Å². The summed E-state index contributed by atoms with van der Waals surface area (Å²) in [6, 6.07) is 13.8. The van der Waals surface area contributed by atoms with Crippen molar-refractivity contribution >= 4 is 28.8 Å². The standard InChI is InChI=1S/C18H22ClN3OS/c19-17-7-6-15(24-17)13-21-8-10-22(11-9-21)18(23)16(12-20)14-4-2-1-3-5-14/h1-7,16H,8-13,20H2. The van der Waals surface area contributed by atoms with Crippen LogP contribution in [0.5, 0.6) is 0 Å². The van der Waals surface area contributed by atoms with Gasteiger partial charge in [-0.15, -0.1) is 11.3 Å². The van der Waals surface area contributed by atoms with E-state index in [0.717, 1.165) is 42.6 Å². The smallest absolute Gasteiger partial charge is 0.231 e. The minimum Gasteiger partial charge on any atom is -0.340 e. The Labute approximate surface area is 151 Å². The Morgan fingerprint density at radius 1 is 1.12 bits per heavy atom. The van der Waals surface area contributed by atoms with Crippen molar-refractivity contribution in [3.8, 4) is 0 Å². The van der Waals surface area contributed by atoms with Crippen LogP contribution in [0.4, 0.5) is 0 Å². The zero-order valence-electron chi connectivity index (χ0n) is 13.5. The molecule has 1 atom stereocenters. The van der Waals surface area contributed by atoms with Crippen LogP contribution in [0, 0.1) is 0 Å². The molecular formula is C18H22ClN3OS. The highest BCUT2D eigenvalue weighted by Crippen LogP contribution is 2.24. The maximum absolute atomic E-state index is 12.8. The predicted octanol–water partition coefficient (Wildman–Crippen LogP) is 2.79. The molecule has 1 fully saturated rings. The summed E-state index contributed by atoms with van der Waals surface area (Å²) in [6.07, 6.45) is 0. The molecule has 1 amide bonds. The second-order valence-corrected chi connectivity index (χ2v) is 7.81. The fourth-order valence-corrected chi connectivity index (χ4v) is 4.20. The van der Waals surface area contributed by atoms with Gasteiger partial charge in [-0.25, -0.2) is 0 Å². The summed E-state index contributed by atoms with van der Waals surface area (Å²) in [5.74, 6) is -0.101. The average molecular weight is 364 g/mol. The lowest BCUT2D eigenvalue weighted by atomic mass is 9.97. The maximum atomic E-state index is 12.8. The van der Waals surface area contributed by atoms with Gasteiger partial charge in [-0.05, 0) is 17.7 Å². The van der Waals surface area contributed by atoms with Crippen molar-refractivity contribution in [2.75, 3.05) is 32.7 Å². The Bertz CT molecular complexity index is 668. The third-order valence-electron chi connectivity index (χ3n) is 4.43. The second-order valence-electron chi connectivity index (χ2n) is 6.01. The number of carbonyl (C=O) groups excluding carboxylic acids is 1. The summed E-state index contributed by atoms with van der Waals surface area (Å²) in [6.45, 7) is 4.51. The number of amides is 1. The van der Waals surface area contributed by atoms with Gasteiger partial charge in [-0.1, -0.05) is 41.9 Å². The minimum absolute atomic E-state index is 0.141.